The standard InChI is InChI=1S/C19H22N2O3S/c1-18(2)10-13(22)19(3,4)14-15(18)25-17(21-14)20-12-8-6-11(7-9-12)16(23)24-5/h6-9H,10H2,1-5H3,(H,20,21). The van der Waals surface area contributed by atoms with E-state index in [1.807, 2.05) is 26.0 Å². The predicted molar refractivity (Wildman–Crippen MR) is 98.9 cm³/mol. The molecule has 0 saturated carbocycles. The largest absolute Gasteiger partial charge is 0.465 e. The summed E-state index contributed by atoms with van der Waals surface area (Å²) in [5.41, 5.74) is 1.44. The fourth-order valence-electron chi connectivity index (χ4n) is 3.02. The van der Waals surface area contributed by atoms with Crippen LogP contribution in [0.2, 0.25) is 0 Å². The monoisotopic (exact) mass is 358 g/mol. The molecule has 6 heteroatoms. The van der Waals surface area contributed by atoms with Crippen molar-refractivity contribution >= 4 is 33.9 Å². The number of hydrogen-bond acceptors (Lipinski definition) is 6. The van der Waals surface area contributed by atoms with Gasteiger partial charge in [-0.25, -0.2) is 9.78 Å². The van der Waals surface area contributed by atoms with Gasteiger partial charge < -0.3 is 10.1 Å². The number of esters is 1. The summed E-state index contributed by atoms with van der Waals surface area (Å²) in [6.45, 7) is 8.06. The van der Waals surface area contributed by atoms with Gasteiger partial charge in [0.1, 0.15) is 5.78 Å². The van der Waals surface area contributed by atoms with Crippen LogP contribution in [0.25, 0.3) is 0 Å². The minimum absolute atomic E-state index is 0.200. The summed E-state index contributed by atoms with van der Waals surface area (Å²) in [4.78, 5) is 29.9. The number of fused-ring (bicyclic) bond motifs is 1. The molecule has 1 aromatic heterocycles. The minimum Gasteiger partial charge on any atom is -0.465 e. The Kier molecular flexibility index (Phi) is 4.19. The molecule has 25 heavy (non-hydrogen) atoms. The number of benzene rings is 1. The number of methoxy groups -OCH3 is 1. The molecule has 0 amide bonds. The highest BCUT2D eigenvalue weighted by Gasteiger charge is 2.46. The number of hydrogen-bond donors (Lipinski definition) is 1. The molecule has 1 aliphatic rings. The predicted octanol–water partition coefficient (Wildman–Crippen LogP) is 4.20. The minimum atomic E-state index is -0.559. The van der Waals surface area contributed by atoms with Gasteiger partial charge in [0.15, 0.2) is 5.13 Å². The van der Waals surface area contributed by atoms with Gasteiger partial charge in [0, 0.05) is 22.4 Å². The fraction of sp³-hybridized carbons (Fsp3) is 0.421. The number of aromatic nitrogens is 1. The average Bonchev–Trinajstić information content (AvgIpc) is 2.99. The Morgan fingerprint density at radius 2 is 1.84 bits per heavy atom. The summed E-state index contributed by atoms with van der Waals surface area (Å²) in [7, 11) is 1.36. The van der Waals surface area contributed by atoms with Crippen molar-refractivity contribution in [3.63, 3.8) is 0 Å². The van der Waals surface area contributed by atoms with Gasteiger partial charge >= 0.3 is 5.97 Å². The van der Waals surface area contributed by atoms with Crippen molar-refractivity contribution in [1.29, 1.82) is 0 Å². The van der Waals surface area contributed by atoms with Gasteiger partial charge in [-0.05, 0) is 38.1 Å². The average molecular weight is 358 g/mol. The van der Waals surface area contributed by atoms with Crippen molar-refractivity contribution in [2.45, 2.75) is 44.9 Å². The number of rotatable bonds is 3. The second-order valence-electron chi connectivity index (χ2n) is 7.50. The van der Waals surface area contributed by atoms with Crippen LogP contribution in [-0.4, -0.2) is 23.8 Å². The second-order valence-corrected chi connectivity index (χ2v) is 8.50. The first-order valence-corrected chi connectivity index (χ1v) is 8.97. The molecule has 132 valence electrons. The van der Waals surface area contributed by atoms with Crippen molar-refractivity contribution in [2.24, 2.45) is 0 Å². The molecule has 0 atom stereocenters. The van der Waals surface area contributed by atoms with E-state index < -0.39 is 5.41 Å². The molecule has 0 spiro atoms. The highest BCUT2D eigenvalue weighted by molar-refractivity contribution is 7.16. The van der Waals surface area contributed by atoms with E-state index in [2.05, 4.69) is 19.2 Å². The van der Waals surface area contributed by atoms with E-state index >= 15 is 0 Å². The number of Topliss-reactive ketones (excluding diaryl/α,β-unsaturated/α-hetero) is 1. The third-order valence-corrected chi connectivity index (χ3v) is 6.03. The SMILES string of the molecule is COC(=O)c1ccc(Nc2nc3c(s2)C(C)(C)CC(=O)C3(C)C)cc1. The Bertz CT molecular complexity index is 835. The molecule has 0 bridgehead atoms. The first-order chi connectivity index (χ1) is 11.6. The lowest BCUT2D eigenvalue weighted by Gasteiger charge is -2.36. The van der Waals surface area contributed by atoms with Gasteiger partial charge in [-0.2, -0.15) is 0 Å². The molecule has 1 aliphatic carbocycles. The van der Waals surface area contributed by atoms with Gasteiger partial charge in [-0.3, -0.25) is 4.79 Å². The fourth-order valence-corrected chi connectivity index (χ4v) is 4.27. The highest BCUT2D eigenvalue weighted by atomic mass is 32.1. The van der Waals surface area contributed by atoms with Crippen molar-refractivity contribution in [3.8, 4) is 0 Å². The maximum absolute atomic E-state index is 12.5. The first kappa shape index (κ1) is 17.6. The quantitative estimate of drug-likeness (QED) is 0.833. The van der Waals surface area contributed by atoms with E-state index in [1.165, 1.54) is 7.11 Å². The summed E-state index contributed by atoms with van der Waals surface area (Å²) >= 11 is 1.59. The van der Waals surface area contributed by atoms with Crippen LogP contribution in [0.15, 0.2) is 24.3 Å². The van der Waals surface area contributed by atoms with Gasteiger partial charge in [0.05, 0.1) is 23.8 Å². The molecule has 0 aliphatic heterocycles. The third kappa shape index (κ3) is 3.06. The Morgan fingerprint density at radius 1 is 1.20 bits per heavy atom. The molecule has 0 radical (unpaired) electrons. The van der Waals surface area contributed by atoms with Gasteiger partial charge in [-0.1, -0.05) is 13.8 Å². The highest BCUT2D eigenvalue weighted by Crippen LogP contribution is 2.47. The molecule has 0 unspecified atom stereocenters. The first-order valence-electron chi connectivity index (χ1n) is 8.15. The summed E-state index contributed by atoms with van der Waals surface area (Å²) < 4.78 is 4.70. The Labute approximate surface area is 151 Å². The molecule has 2 aromatic rings. The van der Waals surface area contributed by atoms with Crippen LogP contribution < -0.4 is 5.32 Å². The van der Waals surface area contributed by atoms with Gasteiger partial charge in [-0.15, -0.1) is 11.3 Å². The van der Waals surface area contributed by atoms with Gasteiger partial charge in [0.2, 0.25) is 0 Å². The summed E-state index contributed by atoms with van der Waals surface area (Å²) in [5.74, 6) is -0.137. The van der Waals surface area contributed by atoms with Crippen molar-refractivity contribution < 1.29 is 14.3 Å². The van der Waals surface area contributed by atoms with Crippen LogP contribution in [0.1, 0.15) is 55.0 Å². The van der Waals surface area contributed by atoms with Crippen molar-refractivity contribution in [2.75, 3.05) is 12.4 Å². The van der Waals surface area contributed by atoms with E-state index in [4.69, 9.17) is 9.72 Å². The van der Waals surface area contributed by atoms with Crippen molar-refractivity contribution in [1.82, 2.24) is 4.98 Å². The summed E-state index contributed by atoms with van der Waals surface area (Å²) in [5, 5.41) is 4.04. The Balaban J connectivity index is 1.91. The number of carbonyl (C=O) groups excluding carboxylic acids is 2. The summed E-state index contributed by atoms with van der Waals surface area (Å²) in [6, 6.07) is 7.04. The molecule has 0 fully saturated rings. The van der Waals surface area contributed by atoms with E-state index in [9.17, 15) is 9.59 Å². The maximum Gasteiger partial charge on any atom is 0.337 e. The lowest BCUT2D eigenvalue weighted by Crippen LogP contribution is -2.41. The lowest BCUT2D eigenvalue weighted by molar-refractivity contribution is -0.125. The molecular formula is C19H22N2O3S. The van der Waals surface area contributed by atoms with E-state index in [-0.39, 0.29) is 17.2 Å². The normalized spacial score (nSPS) is 17.7. The van der Waals surface area contributed by atoms with E-state index in [1.54, 1.807) is 23.5 Å². The van der Waals surface area contributed by atoms with Crippen LogP contribution in [-0.2, 0) is 20.4 Å². The number of ether oxygens (including phenoxy) is 1. The van der Waals surface area contributed by atoms with Crippen LogP contribution in [0.3, 0.4) is 0 Å². The zero-order valence-corrected chi connectivity index (χ0v) is 15.9. The van der Waals surface area contributed by atoms with E-state index in [0.29, 0.717) is 12.0 Å². The van der Waals surface area contributed by atoms with Crippen LogP contribution in [0, 0.1) is 0 Å². The van der Waals surface area contributed by atoms with Crippen LogP contribution >= 0.6 is 11.3 Å². The summed E-state index contributed by atoms with van der Waals surface area (Å²) in [6.07, 6.45) is 0.530. The number of nitrogens with one attached hydrogen (secondary N) is 1. The zero-order chi connectivity index (χ0) is 18.4. The zero-order valence-electron chi connectivity index (χ0n) is 15.1. The van der Waals surface area contributed by atoms with Gasteiger partial charge in [0.25, 0.3) is 0 Å². The van der Waals surface area contributed by atoms with E-state index in [0.717, 1.165) is 21.4 Å². The number of nitrogens with zero attached hydrogens (tertiary/aromatic N) is 1. The Morgan fingerprint density at radius 3 is 2.44 bits per heavy atom. The molecule has 1 N–H and O–H groups in total. The molecular weight excluding hydrogens is 336 g/mol. The maximum atomic E-state index is 12.5. The third-order valence-electron chi connectivity index (χ3n) is 4.69. The number of ketones is 1. The number of thiazole rings is 1. The second kappa shape index (κ2) is 5.95. The molecule has 5 nitrogen and oxygen atoms in total. The molecule has 0 saturated heterocycles. The Hall–Kier alpha value is -2.21. The molecule has 3 rings (SSSR count). The van der Waals surface area contributed by atoms with Crippen molar-refractivity contribution in [3.05, 3.63) is 40.4 Å². The van der Waals surface area contributed by atoms with Crippen LogP contribution in [0.5, 0.6) is 0 Å². The number of anilines is 2. The smallest absolute Gasteiger partial charge is 0.337 e. The van der Waals surface area contributed by atoms with Crippen LogP contribution in [0.4, 0.5) is 10.8 Å². The molecule has 1 heterocycles. The lowest BCUT2D eigenvalue weighted by atomic mass is 9.68. The number of carbonyl (C=O) groups is 2. The molecule has 1 aromatic carbocycles. The topological polar surface area (TPSA) is 68.3 Å².